The lowest BCUT2D eigenvalue weighted by Crippen LogP contribution is -2.03. The third-order valence-electron chi connectivity index (χ3n) is 3.14. The lowest BCUT2D eigenvalue weighted by atomic mass is 10.0. The van der Waals surface area contributed by atoms with Crippen LogP contribution in [-0.4, -0.2) is 9.97 Å². The van der Waals surface area contributed by atoms with Crippen LogP contribution in [-0.2, 0) is 19.4 Å². The van der Waals surface area contributed by atoms with Gasteiger partial charge in [0.05, 0.1) is 17.7 Å². The van der Waals surface area contributed by atoms with Gasteiger partial charge in [-0.1, -0.05) is 23.8 Å². The summed E-state index contributed by atoms with van der Waals surface area (Å²) in [5.74, 6) is 0. The van der Waals surface area contributed by atoms with E-state index < -0.39 is 0 Å². The molecule has 2 aromatic rings. The SMILES string of the molecule is Cc1ccc(CCc2nc[nH]c2CN)c(C)c1. The van der Waals surface area contributed by atoms with Crippen LogP contribution < -0.4 is 5.73 Å². The van der Waals surface area contributed by atoms with Gasteiger partial charge >= 0.3 is 0 Å². The number of aryl methyl sites for hydroxylation is 4. The van der Waals surface area contributed by atoms with Gasteiger partial charge in [0.15, 0.2) is 0 Å². The van der Waals surface area contributed by atoms with Gasteiger partial charge in [-0.25, -0.2) is 4.98 Å². The Hall–Kier alpha value is -1.61. The number of rotatable bonds is 4. The fourth-order valence-corrected chi connectivity index (χ4v) is 2.12. The van der Waals surface area contributed by atoms with Crippen molar-refractivity contribution in [1.29, 1.82) is 0 Å². The zero-order valence-electron chi connectivity index (χ0n) is 10.5. The van der Waals surface area contributed by atoms with E-state index in [2.05, 4.69) is 42.0 Å². The molecule has 0 spiro atoms. The highest BCUT2D eigenvalue weighted by Crippen LogP contribution is 2.14. The molecule has 0 bridgehead atoms. The molecule has 0 fully saturated rings. The smallest absolute Gasteiger partial charge is 0.0925 e. The van der Waals surface area contributed by atoms with E-state index in [0.29, 0.717) is 6.54 Å². The van der Waals surface area contributed by atoms with Crippen LogP contribution >= 0.6 is 0 Å². The zero-order valence-corrected chi connectivity index (χ0v) is 10.5. The monoisotopic (exact) mass is 229 g/mol. The molecule has 3 N–H and O–H groups in total. The van der Waals surface area contributed by atoms with Crippen LogP contribution in [0.15, 0.2) is 24.5 Å². The minimum absolute atomic E-state index is 0.530. The summed E-state index contributed by atoms with van der Waals surface area (Å²) in [5, 5.41) is 0. The molecule has 1 aromatic carbocycles. The highest BCUT2D eigenvalue weighted by atomic mass is 14.9. The summed E-state index contributed by atoms with van der Waals surface area (Å²) in [6, 6.07) is 6.60. The van der Waals surface area contributed by atoms with E-state index in [4.69, 9.17) is 5.73 Å². The molecule has 3 nitrogen and oxygen atoms in total. The Balaban J connectivity index is 2.07. The van der Waals surface area contributed by atoms with Crippen LogP contribution in [0.2, 0.25) is 0 Å². The van der Waals surface area contributed by atoms with Gasteiger partial charge in [-0.15, -0.1) is 0 Å². The van der Waals surface area contributed by atoms with Gasteiger partial charge in [0.25, 0.3) is 0 Å². The Bertz CT molecular complexity index is 500. The van der Waals surface area contributed by atoms with E-state index in [1.807, 2.05) is 0 Å². The molecule has 1 heterocycles. The van der Waals surface area contributed by atoms with Crippen LogP contribution in [0.5, 0.6) is 0 Å². The maximum Gasteiger partial charge on any atom is 0.0925 e. The van der Waals surface area contributed by atoms with Crippen molar-refractivity contribution in [2.45, 2.75) is 33.2 Å². The van der Waals surface area contributed by atoms with Gasteiger partial charge in [-0.05, 0) is 37.8 Å². The Morgan fingerprint density at radius 1 is 1.24 bits per heavy atom. The lowest BCUT2D eigenvalue weighted by Gasteiger charge is -2.06. The molecule has 0 amide bonds. The average molecular weight is 229 g/mol. The van der Waals surface area contributed by atoms with Crippen LogP contribution in [0, 0.1) is 13.8 Å². The van der Waals surface area contributed by atoms with Crippen LogP contribution in [0.1, 0.15) is 28.1 Å². The summed E-state index contributed by atoms with van der Waals surface area (Å²) in [6.45, 7) is 4.82. The molecule has 0 aliphatic heterocycles. The van der Waals surface area contributed by atoms with E-state index in [0.717, 1.165) is 24.2 Å². The van der Waals surface area contributed by atoms with E-state index in [-0.39, 0.29) is 0 Å². The molecule has 0 aliphatic rings. The number of nitrogens with one attached hydrogen (secondary N) is 1. The number of hydrogen-bond donors (Lipinski definition) is 2. The van der Waals surface area contributed by atoms with Gasteiger partial charge in [-0.2, -0.15) is 0 Å². The molecule has 90 valence electrons. The number of benzene rings is 1. The predicted molar refractivity (Wildman–Crippen MR) is 69.8 cm³/mol. The largest absolute Gasteiger partial charge is 0.347 e. The molecule has 0 atom stereocenters. The Morgan fingerprint density at radius 3 is 2.76 bits per heavy atom. The number of nitrogens with zero attached hydrogens (tertiary/aromatic N) is 1. The first kappa shape index (κ1) is 11.9. The van der Waals surface area contributed by atoms with E-state index in [1.165, 1.54) is 16.7 Å². The number of hydrogen-bond acceptors (Lipinski definition) is 2. The highest BCUT2D eigenvalue weighted by molar-refractivity contribution is 5.31. The summed E-state index contributed by atoms with van der Waals surface area (Å²) in [4.78, 5) is 7.39. The average Bonchev–Trinajstić information content (AvgIpc) is 2.75. The molecule has 0 aliphatic carbocycles. The summed E-state index contributed by atoms with van der Waals surface area (Å²) >= 11 is 0. The standard InChI is InChI=1S/C14H19N3/c1-10-3-4-12(11(2)7-10)5-6-13-14(8-15)17-9-16-13/h3-4,7,9H,5-6,8,15H2,1-2H3,(H,16,17). The number of imidazole rings is 1. The minimum atomic E-state index is 0.530. The van der Waals surface area contributed by atoms with Gasteiger partial charge in [0, 0.05) is 6.54 Å². The highest BCUT2D eigenvalue weighted by Gasteiger charge is 2.05. The zero-order chi connectivity index (χ0) is 12.3. The molecular weight excluding hydrogens is 210 g/mol. The Kier molecular flexibility index (Phi) is 3.59. The minimum Gasteiger partial charge on any atom is -0.347 e. The number of aromatic amines is 1. The van der Waals surface area contributed by atoms with Crippen molar-refractivity contribution in [2.24, 2.45) is 5.73 Å². The topological polar surface area (TPSA) is 54.7 Å². The molecule has 0 saturated carbocycles. The summed E-state index contributed by atoms with van der Waals surface area (Å²) in [7, 11) is 0. The van der Waals surface area contributed by atoms with Crippen molar-refractivity contribution < 1.29 is 0 Å². The van der Waals surface area contributed by atoms with E-state index in [1.54, 1.807) is 6.33 Å². The number of H-pyrrole nitrogens is 1. The molecule has 1 aromatic heterocycles. The van der Waals surface area contributed by atoms with Gasteiger partial charge in [-0.3, -0.25) is 0 Å². The molecule has 0 saturated heterocycles. The normalized spacial score (nSPS) is 10.8. The Labute approximate surface area is 102 Å². The van der Waals surface area contributed by atoms with E-state index >= 15 is 0 Å². The van der Waals surface area contributed by atoms with Crippen molar-refractivity contribution in [1.82, 2.24) is 9.97 Å². The second-order valence-corrected chi connectivity index (χ2v) is 4.46. The lowest BCUT2D eigenvalue weighted by molar-refractivity contribution is 0.879. The summed E-state index contributed by atoms with van der Waals surface area (Å²) in [6.07, 6.45) is 3.68. The van der Waals surface area contributed by atoms with Crippen LogP contribution in [0.25, 0.3) is 0 Å². The third-order valence-corrected chi connectivity index (χ3v) is 3.14. The third kappa shape index (κ3) is 2.74. The van der Waals surface area contributed by atoms with Crippen molar-refractivity contribution >= 4 is 0 Å². The number of nitrogens with two attached hydrogens (primary N) is 1. The van der Waals surface area contributed by atoms with Gasteiger partial charge in [0.2, 0.25) is 0 Å². The van der Waals surface area contributed by atoms with Crippen LogP contribution in [0.4, 0.5) is 0 Å². The quantitative estimate of drug-likeness (QED) is 0.845. The second-order valence-electron chi connectivity index (χ2n) is 4.46. The Morgan fingerprint density at radius 2 is 2.06 bits per heavy atom. The molecule has 3 heteroatoms. The van der Waals surface area contributed by atoms with E-state index in [9.17, 15) is 0 Å². The number of aromatic nitrogens is 2. The molecule has 17 heavy (non-hydrogen) atoms. The van der Waals surface area contributed by atoms with Gasteiger partial charge < -0.3 is 10.7 Å². The first-order valence-corrected chi connectivity index (χ1v) is 5.98. The van der Waals surface area contributed by atoms with Gasteiger partial charge in [0.1, 0.15) is 0 Å². The van der Waals surface area contributed by atoms with Crippen molar-refractivity contribution in [3.8, 4) is 0 Å². The summed E-state index contributed by atoms with van der Waals surface area (Å²) < 4.78 is 0. The molecule has 0 unspecified atom stereocenters. The molecular formula is C14H19N3. The molecule has 0 radical (unpaired) electrons. The predicted octanol–water partition coefficient (Wildman–Crippen LogP) is 2.27. The van der Waals surface area contributed by atoms with Crippen molar-refractivity contribution in [2.75, 3.05) is 0 Å². The summed E-state index contributed by atoms with van der Waals surface area (Å²) in [5.41, 5.74) is 11.8. The maximum atomic E-state index is 5.64. The van der Waals surface area contributed by atoms with Crippen molar-refractivity contribution in [3.63, 3.8) is 0 Å². The first-order chi connectivity index (χ1) is 8.20. The van der Waals surface area contributed by atoms with Crippen molar-refractivity contribution in [3.05, 3.63) is 52.6 Å². The first-order valence-electron chi connectivity index (χ1n) is 5.98. The fourth-order valence-electron chi connectivity index (χ4n) is 2.12. The fraction of sp³-hybridized carbons (Fsp3) is 0.357. The second kappa shape index (κ2) is 5.15. The van der Waals surface area contributed by atoms with Crippen LogP contribution in [0.3, 0.4) is 0 Å². The maximum absolute atomic E-state index is 5.64. The molecule has 2 rings (SSSR count).